The first-order chi connectivity index (χ1) is 8.72. The highest BCUT2D eigenvalue weighted by Crippen LogP contribution is 2.21. The van der Waals surface area contributed by atoms with Crippen LogP contribution in [0.1, 0.15) is 32.3 Å². The van der Waals surface area contributed by atoms with E-state index >= 15 is 0 Å². The first kappa shape index (κ1) is 12.9. The molecule has 0 radical (unpaired) electrons. The van der Waals surface area contributed by atoms with Crippen LogP contribution < -0.4 is 5.32 Å². The Morgan fingerprint density at radius 1 is 1.56 bits per heavy atom. The third-order valence-electron chi connectivity index (χ3n) is 3.40. The fourth-order valence-corrected chi connectivity index (χ4v) is 2.39. The SMILES string of the molecule is CCNc1ncccc1CN1CCCC(C)C1=O. The average Bonchev–Trinajstić information content (AvgIpc) is 2.37. The molecule has 1 fully saturated rings. The Balaban J connectivity index is 2.11. The maximum Gasteiger partial charge on any atom is 0.225 e. The van der Waals surface area contributed by atoms with E-state index in [2.05, 4.69) is 10.3 Å². The fourth-order valence-electron chi connectivity index (χ4n) is 2.39. The first-order valence-corrected chi connectivity index (χ1v) is 6.69. The van der Waals surface area contributed by atoms with Crippen LogP contribution in [-0.2, 0) is 11.3 Å². The lowest BCUT2D eigenvalue weighted by atomic mass is 9.99. The standard InChI is InChI=1S/C14H21N3O/c1-3-15-13-12(7-4-8-16-13)10-17-9-5-6-11(2)14(17)18/h4,7-8,11H,3,5-6,9-10H2,1-2H3,(H,15,16). The highest BCUT2D eigenvalue weighted by molar-refractivity contribution is 5.79. The Hall–Kier alpha value is -1.58. The van der Waals surface area contributed by atoms with Crippen molar-refractivity contribution in [1.29, 1.82) is 0 Å². The molecule has 1 unspecified atom stereocenters. The average molecular weight is 247 g/mol. The Morgan fingerprint density at radius 3 is 3.17 bits per heavy atom. The molecule has 1 N–H and O–H groups in total. The highest BCUT2D eigenvalue weighted by atomic mass is 16.2. The topological polar surface area (TPSA) is 45.2 Å². The molecule has 1 atom stereocenters. The molecule has 0 saturated carbocycles. The summed E-state index contributed by atoms with van der Waals surface area (Å²) in [6, 6.07) is 3.96. The predicted octanol–water partition coefficient (Wildman–Crippen LogP) is 2.27. The van der Waals surface area contributed by atoms with Gasteiger partial charge in [0.05, 0.1) is 0 Å². The second-order valence-electron chi connectivity index (χ2n) is 4.84. The molecule has 4 nitrogen and oxygen atoms in total. The van der Waals surface area contributed by atoms with E-state index in [0.717, 1.165) is 37.3 Å². The minimum Gasteiger partial charge on any atom is -0.370 e. The number of nitrogens with zero attached hydrogens (tertiary/aromatic N) is 2. The van der Waals surface area contributed by atoms with E-state index in [1.54, 1.807) is 6.20 Å². The van der Waals surface area contributed by atoms with Gasteiger partial charge in [0.15, 0.2) is 0 Å². The summed E-state index contributed by atoms with van der Waals surface area (Å²) in [5.41, 5.74) is 1.10. The van der Waals surface area contributed by atoms with Gasteiger partial charge in [-0.05, 0) is 25.8 Å². The van der Waals surface area contributed by atoms with Crippen LogP contribution in [0.4, 0.5) is 5.82 Å². The number of anilines is 1. The summed E-state index contributed by atoms with van der Waals surface area (Å²) in [5.74, 6) is 1.33. The number of hydrogen-bond donors (Lipinski definition) is 1. The van der Waals surface area contributed by atoms with Crippen LogP contribution in [0.3, 0.4) is 0 Å². The van der Waals surface area contributed by atoms with Gasteiger partial charge >= 0.3 is 0 Å². The lowest BCUT2D eigenvalue weighted by Gasteiger charge is -2.31. The minimum atomic E-state index is 0.165. The molecular formula is C14H21N3O. The smallest absolute Gasteiger partial charge is 0.225 e. The molecule has 2 heterocycles. The normalized spacial score (nSPS) is 20.0. The van der Waals surface area contributed by atoms with Crippen LogP contribution >= 0.6 is 0 Å². The number of pyridine rings is 1. The molecule has 0 aromatic carbocycles. The molecule has 4 heteroatoms. The molecule has 1 amide bonds. The fraction of sp³-hybridized carbons (Fsp3) is 0.571. The monoisotopic (exact) mass is 247 g/mol. The van der Waals surface area contributed by atoms with Crippen molar-refractivity contribution in [2.24, 2.45) is 5.92 Å². The molecule has 1 aromatic rings. The zero-order valence-corrected chi connectivity index (χ0v) is 11.1. The van der Waals surface area contributed by atoms with Crippen LogP contribution in [0.25, 0.3) is 0 Å². The number of rotatable bonds is 4. The van der Waals surface area contributed by atoms with Crippen molar-refractivity contribution >= 4 is 11.7 Å². The van der Waals surface area contributed by atoms with Crippen molar-refractivity contribution in [2.75, 3.05) is 18.4 Å². The van der Waals surface area contributed by atoms with Crippen LogP contribution in [0.2, 0.25) is 0 Å². The number of aromatic nitrogens is 1. The largest absolute Gasteiger partial charge is 0.370 e. The van der Waals surface area contributed by atoms with Gasteiger partial charge in [0.1, 0.15) is 5.82 Å². The molecule has 1 saturated heterocycles. The van der Waals surface area contributed by atoms with E-state index in [1.807, 2.05) is 30.9 Å². The molecular weight excluding hydrogens is 226 g/mol. The van der Waals surface area contributed by atoms with Gasteiger partial charge in [-0.15, -0.1) is 0 Å². The zero-order valence-electron chi connectivity index (χ0n) is 11.1. The first-order valence-electron chi connectivity index (χ1n) is 6.69. The second-order valence-corrected chi connectivity index (χ2v) is 4.84. The van der Waals surface area contributed by atoms with Gasteiger partial charge in [-0.1, -0.05) is 13.0 Å². The molecule has 1 aliphatic heterocycles. The van der Waals surface area contributed by atoms with Gasteiger partial charge in [0.25, 0.3) is 0 Å². The summed E-state index contributed by atoms with van der Waals surface area (Å²) in [5, 5.41) is 3.24. The Kier molecular flexibility index (Phi) is 4.18. The number of likely N-dealkylation sites (tertiary alicyclic amines) is 1. The van der Waals surface area contributed by atoms with Crippen molar-refractivity contribution in [3.8, 4) is 0 Å². The summed E-state index contributed by atoms with van der Waals surface area (Å²) < 4.78 is 0. The highest BCUT2D eigenvalue weighted by Gasteiger charge is 2.25. The zero-order chi connectivity index (χ0) is 13.0. The molecule has 0 bridgehead atoms. The van der Waals surface area contributed by atoms with Gasteiger partial charge in [0, 0.05) is 37.3 Å². The summed E-state index contributed by atoms with van der Waals surface area (Å²) in [4.78, 5) is 18.4. The van der Waals surface area contributed by atoms with E-state index in [0.29, 0.717) is 6.54 Å². The lowest BCUT2D eigenvalue weighted by Crippen LogP contribution is -2.39. The maximum absolute atomic E-state index is 12.1. The molecule has 1 aliphatic rings. The van der Waals surface area contributed by atoms with Crippen molar-refractivity contribution in [2.45, 2.75) is 33.2 Å². The van der Waals surface area contributed by atoms with Crippen molar-refractivity contribution in [3.05, 3.63) is 23.9 Å². The number of nitrogens with one attached hydrogen (secondary N) is 1. The van der Waals surface area contributed by atoms with Gasteiger partial charge in [-0.3, -0.25) is 4.79 Å². The Labute approximate surface area is 108 Å². The van der Waals surface area contributed by atoms with Crippen LogP contribution in [0.15, 0.2) is 18.3 Å². The van der Waals surface area contributed by atoms with E-state index in [9.17, 15) is 4.79 Å². The third kappa shape index (κ3) is 2.81. The third-order valence-corrected chi connectivity index (χ3v) is 3.40. The number of amides is 1. The van der Waals surface area contributed by atoms with Crippen molar-refractivity contribution in [3.63, 3.8) is 0 Å². The van der Waals surface area contributed by atoms with Gasteiger partial charge in [-0.25, -0.2) is 4.98 Å². The number of carbonyl (C=O) groups excluding carboxylic acids is 1. The van der Waals surface area contributed by atoms with Gasteiger partial charge in [0.2, 0.25) is 5.91 Å². The quantitative estimate of drug-likeness (QED) is 0.887. The van der Waals surface area contributed by atoms with Gasteiger partial charge in [-0.2, -0.15) is 0 Å². The van der Waals surface area contributed by atoms with Gasteiger partial charge < -0.3 is 10.2 Å². The van der Waals surface area contributed by atoms with E-state index in [4.69, 9.17) is 0 Å². The summed E-state index contributed by atoms with van der Waals surface area (Å²) in [6.07, 6.45) is 3.90. The van der Waals surface area contributed by atoms with Crippen molar-refractivity contribution in [1.82, 2.24) is 9.88 Å². The minimum absolute atomic E-state index is 0.165. The number of carbonyl (C=O) groups is 1. The van der Waals surface area contributed by atoms with E-state index in [-0.39, 0.29) is 11.8 Å². The van der Waals surface area contributed by atoms with E-state index in [1.165, 1.54) is 0 Å². The summed E-state index contributed by atoms with van der Waals surface area (Å²) in [7, 11) is 0. The molecule has 18 heavy (non-hydrogen) atoms. The Morgan fingerprint density at radius 2 is 2.39 bits per heavy atom. The molecule has 2 rings (SSSR count). The molecule has 0 aliphatic carbocycles. The van der Waals surface area contributed by atoms with Crippen LogP contribution in [-0.4, -0.2) is 28.9 Å². The number of hydrogen-bond acceptors (Lipinski definition) is 3. The molecule has 98 valence electrons. The van der Waals surface area contributed by atoms with Crippen LogP contribution in [0, 0.1) is 5.92 Å². The summed E-state index contributed by atoms with van der Waals surface area (Å²) in [6.45, 7) is 6.44. The Bertz CT molecular complexity index is 419. The molecule has 1 aromatic heterocycles. The van der Waals surface area contributed by atoms with Crippen molar-refractivity contribution < 1.29 is 4.79 Å². The lowest BCUT2D eigenvalue weighted by molar-refractivity contribution is -0.138. The second kappa shape index (κ2) is 5.85. The maximum atomic E-state index is 12.1. The predicted molar refractivity (Wildman–Crippen MR) is 72.2 cm³/mol. The van der Waals surface area contributed by atoms with E-state index < -0.39 is 0 Å². The number of piperidine rings is 1. The summed E-state index contributed by atoms with van der Waals surface area (Å²) >= 11 is 0. The molecule has 0 spiro atoms. The van der Waals surface area contributed by atoms with Crippen LogP contribution in [0.5, 0.6) is 0 Å².